The number of anilines is 2. The molecule has 0 saturated heterocycles. The molecule has 1 fully saturated rings. The van der Waals surface area contributed by atoms with Gasteiger partial charge in [0, 0.05) is 30.9 Å². The second-order valence-electron chi connectivity index (χ2n) is 7.32. The molecule has 0 unspecified atom stereocenters. The van der Waals surface area contributed by atoms with Gasteiger partial charge in [0.1, 0.15) is 0 Å². The summed E-state index contributed by atoms with van der Waals surface area (Å²) in [7, 11) is 0. The highest BCUT2D eigenvalue weighted by atomic mass is 16.2. The van der Waals surface area contributed by atoms with Crippen molar-refractivity contribution in [1.82, 2.24) is 5.32 Å². The smallest absolute Gasteiger partial charge is 0.326 e. The van der Waals surface area contributed by atoms with Crippen LogP contribution >= 0.6 is 0 Å². The zero-order chi connectivity index (χ0) is 19.6. The lowest BCUT2D eigenvalue weighted by molar-refractivity contribution is -0.121. The molecule has 0 aromatic heterocycles. The lowest BCUT2D eigenvalue weighted by Crippen LogP contribution is -2.41. The summed E-state index contributed by atoms with van der Waals surface area (Å²) in [6.07, 6.45) is 6.67. The molecule has 5 heteroatoms. The van der Waals surface area contributed by atoms with Crippen LogP contribution < -0.4 is 15.5 Å². The molecule has 2 aromatic carbocycles. The van der Waals surface area contributed by atoms with Crippen molar-refractivity contribution in [3.8, 4) is 0 Å². The number of carbonyl (C=O) groups excluding carboxylic acids is 2. The first-order valence-electron chi connectivity index (χ1n) is 10.2. The number of para-hydroxylation sites is 2. The van der Waals surface area contributed by atoms with Gasteiger partial charge in [-0.05, 0) is 36.6 Å². The Kier molecular flexibility index (Phi) is 7.47. The Hall–Kier alpha value is -2.82. The van der Waals surface area contributed by atoms with Crippen LogP contribution in [0.4, 0.5) is 16.2 Å². The van der Waals surface area contributed by atoms with Gasteiger partial charge < -0.3 is 10.6 Å². The van der Waals surface area contributed by atoms with Gasteiger partial charge >= 0.3 is 6.03 Å². The fourth-order valence-electron chi connectivity index (χ4n) is 3.70. The van der Waals surface area contributed by atoms with Crippen molar-refractivity contribution < 1.29 is 9.59 Å². The van der Waals surface area contributed by atoms with Gasteiger partial charge in [-0.15, -0.1) is 0 Å². The number of nitrogens with zero attached hydrogens (tertiary/aromatic N) is 1. The Bertz CT molecular complexity index is 743. The highest BCUT2D eigenvalue weighted by molar-refractivity contribution is 6.01. The third kappa shape index (κ3) is 6.12. The average molecular weight is 380 g/mol. The van der Waals surface area contributed by atoms with Gasteiger partial charge in [-0.2, -0.15) is 0 Å². The van der Waals surface area contributed by atoms with E-state index in [1.165, 1.54) is 25.7 Å². The highest BCUT2D eigenvalue weighted by Crippen LogP contribution is 2.28. The number of urea groups is 1. The average Bonchev–Trinajstić information content (AvgIpc) is 3.25. The number of rotatable bonds is 8. The molecular formula is C23H29N3O2. The second-order valence-corrected chi connectivity index (χ2v) is 7.32. The van der Waals surface area contributed by atoms with Crippen molar-refractivity contribution >= 4 is 23.3 Å². The molecule has 5 nitrogen and oxygen atoms in total. The van der Waals surface area contributed by atoms with Crippen molar-refractivity contribution in [2.45, 2.75) is 38.5 Å². The van der Waals surface area contributed by atoms with Crippen LogP contribution in [0.3, 0.4) is 0 Å². The normalized spacial score (nSPS) is 13.9. The molecule has 3 amide bonds. The zero-order valence-corrected chi connectivity index (χ0v) is 16.3. The summed E-state index contributed by atoms with van der Waals surface area (Å²) in [4.78, 5) is 26.6. The molecule has 3 rings (SSSR count). The maximum absolute atomic E-state index is 12.8. The molecular weight excluding hydrogens is 350 g/mol. The standard InChI is InChI=1S/C23H29N3O2/c27-22(16-15-19-9-7-8-10-19)24-17-18-26(21-13-5-2-6-14-21)23(28)25-20-11-3-1-4-12-20/h1-6,11-14,19H,7-10,15-18H2,(H,24,27)(H,25,28). The first-order valence-corrected chi connectivity index (χ1v) is 10.2. The minimum atomic E-state index is -0.211. The van der Waals surface area contributed by atoms with E-state index in [2.05, 4.69) is 10.6 Å². The Morgan fingerprint density at radius 1 is 0.929 bits per heavy atom. The minimum Gasteiger partial charge on any atom is -0.354 e. The van der Waals surface area contributed by atoms with E-state index in [-0.39, 0.29) is 11.9 Å². The number of nitrogens with one attached hydrogen (secondary N) is 2. The first-order chi connectivity index (χ1) is 13.7. The molecule has 2 N–H and O–H groups in total. The summed E-state index contributed by atoms with van der Waals surface area (Å²) >= 11 is 0. The Balaban J connectivity index is 1.52. The predicted molar refractivity (Wildman–Crippen MR) is 113 cm³/mol. The summed E-state index contributed by atoms with van der Waals surface area (Å²) < 4.78 is 0. The minimum absolute atomic E-state index is 0.0726. The van der Waals surface area contributed by atoms with Crippen molar-refractivity contribution in [2.75, 3.05) is 23.3 Å². The van der Waals surface area contributed by atoms with Gasteiger partial charge in [0.15, 0.2) is 0 Å². The molecule has 2 aromatic rings. The van der Waals surface area contributed by atoms with Gasteiger partial charge in [-0.3, -0.25) is 9.69 Å². The topological polar surface area (TPSA) is 61.4 Å². The SMILES string of the molecule is O=C(CCC1CCCC1)NCCN(C(=O)Nc1ccccc1)c1ccccc1. The van der Waals surface area contributed by atoms with E-state index in [0.29, 0.717) is 25.4 Å². The predicted octanol–water partition coefficient (Wildman–Crippen LogP) is 4.81. The Labute approximate surface area is 167 Å². The van der Waals surface area contributed by atoms with Crippen LogP contribution in [-0.4, -0.2) is 25.0 Å². The van der Waals surface area contributed by atoms with E-state index in [4.69, 9.17) is 0 Å². The number of hydrogen-bond donors (Lipinski definition) is 2. The van der Waals surface area contributed by atoms with Gasteiger partial charge in [-0.1, -0.05) is 62.1 Å². The van der Waals surface area contributed by atoms with Gasteiger partial charge in [0.05, 0.1) is 0 Å². The van der Waals surface area contributed by atoms with E-state index in [9.17, 15) is 9.59 Å². The number of carbonyl (C=O) groups is 2. The van der Waals surface area contributed by atoms with Gasteiger partial charge in [-0.25, -0.2) is 4.79 Å². The molecule has 0 spiro atoms. The van der Waals surface area contributed by atoms with Crippen LogP contribution in [0, 0.1) is 5.92 Å². The molecule has 1 saturated carbocycles. The van der Waals surface area contributed by atoms with Crippen LogP contribution in [-0.2, 0) is 4.79 Å². The molecule has 0 aliphatic heterocycles. The molecule has 0 bridgehead atoms. The molecule has 0 radical (unpaired) electrons. The highest BCUT2D eigenvalue weighted by Gasteiger charge is 2.18. The summed E-state index contributed by atoms with van der Waals surface area (Å²) in [5.74, 6) is 0.784. The maximum Gasteiger partial charge on any atom is 0.326 e. The monoisotopic (exact) mass is 379 g/mol. The Morgan fingerprint density at radius 3 is 2.25 bits per heavy atom. The fourth-order valence-corrected chi connectivity index (χ4v) is 3.70. The maximum atomic E-state index is 12.8. The zero-order valence-electron chi connectivity index (χ0n) is 16.3. The Morgan fingerprint density at radius 2 is 1.57 bits per heavy atom. The molecule has 28 heavy (non-hydrogen) atoms. The van der Waals surface area contributed by atoms with Gasteiger partial charge in [0.25, 0.3) is 0 Å². The molecule has 1 aliphatic carbocycles. The summed E-state index contributed by atoms with van der Waals surface area (Å²) in [6, 6.07) is 18.7. The summed E-state index contributed by atoms with van der Waals surface area (Å²) in [6.45, 7) is 0.846. The number of amides is 3. The van der Waals surface area contributed by atoms with Crippen LogP contribution in [0.2, 0.25) is 0 Å². The largest absolute Gasteiger partial charge is 0.354 e. The lowest BCUT2D eigenvalue weighted by Gasteiger charge is -2.23. The van der Waals surface area contributed by atoms with Crippen LogP contribution in [0.15, 0.2) is 60.7 Å². The van der Waals surface area contributed by atoms with Crippen LogP contribution in [0.1, 0.15) is 38.5 Å². The molecule has 1 aliphatic rings. The van der Waals surface area contributed by atoms with Crippen LogP contribution in [0.25, 0.3) is 0 Å². The first kappa shape index (κ1) is 19.9. The van der Waals surface area contributed by atoms with E-state index < -0.39 is 0 Å². The van der Waals surface area contributed by atoms with Crippen molar-refractivity contribution in [3.05, 3.63) is 60.7 Å². The van der Waals surface area contributed by atoms with Crippen molar-refractivity contribution in [3.63, 3.8) is 0 Å². The third-order valence-corrected chi connectivity index (χ3v) is 5.25. The quantitative estimate of drug-likeness (QED) is 0.691. The number of hydrogen-bond acceptors (Lipinski definition) is 2. The van der Waals surface area contributed by atoms with Crippen molar-refractivity contribution in [2.24, 2.45) is 5.92 Å². The second kappa shape index (κ2) is 10.5. The molecule has 0 atom stereocenters. The van der Waals surface area contributed by atoms with E-state index in [1.54, 1.807) is 4.90 Å². The van der Waals surface area contributed by atoms with E-state index in [1.807, 2.05) is 60.7 Å². The molecule has 148 valence electrons. The lowest BCUT2D eigenvalue weighted by atomic mass is 10.0. The fraction of sp³-hybridized carbons (Fsp3) is 0.391. The number of benzene rings is 2. The van der Waals surface area contributed by atoms with Crippen LogP contribution in [0.5, 0.6) is 0 Å². The van der Waals surface area contributed by atoms with E-state index in [0.717, 1.165) is 17.8 Å². The summed E-state index contributed by atoms with van der Waals surface area (Å²) in [5.41, 5.74) is 1.55. The van der Waals surface area contributed by atoms with Gasteiger partial charge in [0.2, 0.25) is 5.91 Å². The molecule has 0 heterocycles. The third-order valence-electron chi connectivity index (χ3n) is 5.25. The summed E-state index contributed by atoms with van der Waals surface area (Å²) in [5, 5.41) is 5.88. The van der Waals surface area contributed by atoms with Crippen molar-refractivity contribution in [1.29, 1.82) is 0 Å². The van der Waals surface area contributed by atoms with E-state index >= 15 is 0 Å².